The average Bonchev–Trinajstić information content (AvgIpc) is 2.35. The molecule has 2 rings (SSSR count). The minimum absolute atomic E-state index is 0.101. The number of hydrogen-bond donors (Lipinski definition) is 0. The topological polar surface area (TPSA) is 9.23 Å². The summed E-state index contributed by atoms with van der Waals surface area (Å²) in [7, 11) is 1.73. The van der Waals surface area contributed by atoms with Crippen LogP contribution >= 0.6 is 0 Å². The van der Waals surface area contributed by atoms with E-state index in [1.54, 1.807) is 7.11 Å². The third-order valence-electron chi connectivity index (χ3n) is 2.86. The second-order valence-corrected chi connectivity index (χ2v) is 7.33. The fourth-order valence-electron chi connectivity index (χ4n) is 1.88. The molecule has 0 saturated carbocycles. The van der Waals surface area contributed by atoms with Gasteiger partial charge in [-0.15, -0.1) is 0 Å². The monoisotopic (exact) mass is 353 g/mol. The Kier molecular flexibility index (Phi) is 4.27. The molecule has 2 aromatic rings. The first kappa shape index (κ1) is 13.4. The summed E-state index contributed by atoms with van der Waals surface area (Å²) >= 11 is -0.101. The largest absolute Gasteiger partial charge is 0.497 e. The molecule has 2 heteroatoms. The Labute approximate surface area is 119 Å². The van der Waals surface area contributed by atoms with Gasteiger partial charge < -0.3 is 4.74 Å². The van der Waals surface area contributed by atoms with Crippen molar-refractivity contribution in [3.8, 4) is 5.75 Å². The van der Waals surface area contributed by atoms with Gasteiger partial charge in [0.1, 0.15) is 5.75 Å². The quantitative estimate of drug-likeness (QED) is 0.740. The second-order valence-electron chi connectivity index (χ2n) is 4.47. The lowest BCUT2D eigenvalue weighted by molar-refractivity contribution is -0.598. The van der Waals surface area contributed by atoms with E-state index in [2.05, 4.69) is 57.2 Å². The zero-order valence-corrected chi connectivity index (χ0v) is 13.4. The summed E-state index contributed by atoms with van der Waals surface area (Å²) in [6.45, 7) is 6.49. The molecule has 0 aliphatic heterocycles. The fraction of sp³-hybridized carbons (Fsp3) is 0.250. The molecule has 18 heavy (non-hydrogen) atoms. The van der Waals surface area contributed by atoms with E-state index >= 15 is 0 Å². The predicted octanol–water partition coefficient (Wildman–Crippen LogP) is 0.749. The molecule has 0 radical (unpaired) electrons. The van der Waals surface area contributed by atoms with Gasteiger partial charge in [-0.2, -0.15) is 0 Å². The lowest BCUT2D eigenvalue weighted by Crippen LogP contribution is -3.62. The highest BCUT2D eigenvalue weighted by atomic mass is 127. The lowest BCUT2D eigenvalue weighted by Gasteiger charge is -2.03. The normalized spacial score (nSPS) is 10.4. The number of halogens is 1. The van der Waals surface area contributed by atoms with Crippen LogP contribution in [-0.2, 0) is 0 Å². The fourth-order valence-corrected chi connectivity index (χ4v) is 4.38. The number of rotatable bonds is 3. The van der Waals surface area contributed by atoms with Crippen LogP contribution in [0.2, 0.25) is 0 Å². The van der Waals surface area contributed by atoms with Crippen LogP contribution in [0.15, 0.2) is 36.4 Å². The molecule has 0 bridgehead atoms. The van der Waals surface area contributed by atoms with Crippen LogP contribution in [0, 0.1) is 27.9 Å². The van der Waals surface area contributed by atoms with E-state index in [1.807, 2.05) is 0 Å². The Morgan fingerprint density at radius 3 is 1.94 bits per heavy atom. The van der Waals surface area contributed by atoms with Gasteiger partial charge in [0, 0.05) is 11.1 Å². The van der Waals surface area contributed by atoms with Crippen LogP contribution in [0.3, 0.4) is 0 Å². The molecule has 0 aromatic heterocycles. The number of methoxy groups -OCH3 is 1. The number of aryl methyl sites for hydroxylation is 3. The van der Waals surface area contributed by atoms with Crippen molar-refractivity contribution in [2.24, 2.45) is 0 Å². The summed E-state index contributed by atoms with van der Waals surface area (Å²) in [5.41, 5.74) is 4.02. The maximum Gasteiger partial charge on any atom is 0.358 e. The molecule has 0 fully saturated rings. The molecule has 0 saturated heterocycles. The third-order valence-corrected chi connectivity index (χ3v) is 6.44. The van der Waals surface area contributed by atoms with Gasteiger partial charge in [-0.3, -0.25) is 0 Å². The minimum atomic E-state index is -0.101. The summed E-state index contributed by atoms with van der Waals surface area (Å²) < 4.78 is 8.29. The van der Waals surface area contributed by atoms with Crippen molar-refractivity contribution < 1.29 is 25.9 Å². The smallest absolute Gasteiger partial charge is 0.358 e. The minimum Gasteiger partial charge on any atom is -0.497 e. The maximum absolute atomic E-state index is 5.31. The molecule has 94 valence electrons. The molecule has 0 aliphatic rings. The molecular weight excluding hydrogens is 335 g/mol. The summed E-state index contributed by atoms with van der Waals surface area (Å²) in [4.78, 5) is 0. The zero-order chi connectivity index (χ0) is 13.1. The molecule has 0 atom stereocenters. The molecule has 0 unspecified atom stereocenters. The predicted molar refractivity (Wildman–Crippen MR) is 71.0 cm³/mol. The highest BCUT2D eigenvalue weighted by Gasteiger charge is 2.21. The van der Waals surface area contributed by atoms with E-state index in [1.165, 1.54) is 23.8 Å². The van der Waals surface area contributed by atoms with Gasteiger partial charge in [0.25, 0.3) is 0 Å². The average molecular weight is 353 g/mol. The van der Waals surface area contributed by atoms with Gasteiger partial charge in [-0.1, -0.05) is 17.7 Å². The lowest BCUT2D eigenvalue weighted by atomic mass is 10.1. The van der Waals surface area contributed by atoms with Crippen molar-refractivity contribution in [2.45, 2.75) is 20.8 Å². The van der Waals surface area contributed by atoms with E-state index < -0.39 is 0 Å². The van der Waals surface area contributed by atoms with E-state index in [9.17, 15) is 0 Å². The molecule has 0 N–H and O–H groups in total. The van der Waals surface area contributed by atoms with Gasteiger partial charge in [0.15, 0.2) is 7.14 Å². The first-order valence-corrected chi connectivity index (χ1v) is 8.12. The van der Waals surface area contributed by atoms with Crippen molar-refractivity contribution in [3.05, 3.63) is 60.2 Å². The Morgan fingerprint density at radius 1 is 0.889 bits per heavy atom. The molecular formula is C16H18IO+. The first-order valence-electron chi connectivity index (χ1n) is 5.97. The summed E-state index contributed by atoms with van der Waals surface area (Å²) in [5.74, 6) is 0.960. The summed E-state index contributed by atoms with van der Waals surface area (Å²) in [5, 5.41) is 0. The van der Waals surface area contributed by atoms with Crippen molar-refractivity contribution in [3.63, 3.8) is 0 Å². The standard InChI is InChI=1S/C16H18IO/c1-11-5-7-14(8-6-11)17-16-12(2)9-15(18-4)10-13(16)3/h5-10H,1-4H3/q+1. The van der Waals surface area contributed by atoms with Crippen LogP contribution < -0.4 is 25.9 Å². The van der Waals surface area contributed by atoms with Gasteiger partial charge in [-0.05, 0) is 45.0 Å². The molecule has 0 heterocycles. The van der Waals surface area contributed by atoms with E-state index in [-0.39, 0.29) is 21.2 Å². The Hall–Kier alpha value is -1.03. The van der Waals surface area contributed by atoms with Crippen LogP contribution in [0.4, 0.5) is 0 Å². The first-order chi connectivity index (χ1) is 8.60. The number of ether oxygens (including phenoxy) is 1. The van der Waals surface area contributed by atoms with Gasteiger partial charge in [0.2, 0.25) is 0 Å². The highest BCUT2D eigenvalue weighted by Crippen LogP contribution is 2.15. The number of benzene rings is 2. The SMILES string of the molecule is COc1cc(C)c([I+]c2ccc(C)cc2)c(C)c1. The van der Waals surface area contributed by atoms with Crippen molar-refractivity contribution >= 4 is 0 Å². The number of hydrogen-bond acceptors (Lipinski definition) is 1. The second kappa shape index (κ2) is 5.74. The van der Waals surface area contributed by atoms with Crippen LogP contribution in [0.25, 0.3) is 0 Å². The zero-order valence-electron chi connectivity index (χ0n) is 11.3. The molecule has 1 nitrogen and oxygen atoms in total. The van der Waals surface area contributed by atoms with E-state index in [0.717, 1.165) is 5.75 Å². The molecule has 0 aliphatic carbocycles. The third kappa shape index (κ3) is 3.05. The molecule has 2 aromatic carbocycles. The van der Waals surface area contributed by atoms with E-state index in [4.69, 9.17) is 4.74 Å². The van der Waals surface area contributed by atoms with Crippen LogP contribution in [0.5, 0.6) is 5.75 Å². The van der Waals surface area contributed by atoms with Crippen molar-refractivity contribution in [1.29, 1.82) is 0 Å². The van der Waals surface area contributed by atoms with Crippen molar-refractivity contribution in [2.75, 3.05) is 7.11 Å². The van der Waals surface area contributed by atoms with Crippen LogP contribution in [-0.4, -0.2) is 7.11 Å². The van der Waals surface area contributed by atoms with E-state index in [0.29, 0.717) is 0 Å². The van der Waals surface area contributed by atoms with Crippen LogP contribution in [0.1, 0.15) is 16.7 Å². The molecule has 0 spiro atoms. The Morgan fingerprint density at radius 2 is 1.44 bits per heavy atom. The van der Waals surface area contributed by atoms with Gasteiger partial charge in [-0.25, -0.2) is 0 Å². The van der Waals surface area contributed by atoms with Gasteiger partial charge >= 0.3 is 21.2 Å². The Bertz CT molecular complexity index is 521. The summed E-state index contributed by atoms with van der Waals surface area (Å²) in [6.07, 6.45) is 0. The summed E-state index contributed by atoms with van der Waals surface area (Å²) in [6, 6.07) is 13.2. The van der Waals surface area contributed by atoms with Crippen molar-refractivity contribution in [1.82, 2.24) is 0 Å². The molecule has 0 amide bonds. The Balaban J connectivity index is 2.31. The maximum atomic E-state index is 5.31. The highest BCUT2D eigenvalue weighted by molar-refractivity contribution is 5.32. The van der Waals surface area contributed by atoms with Gasteiger partial charge in [0.05, 0.1) is 7.11 Å².